The van der Waals surface area contributed by atoms with Crippen molar-refractivity contribution in [3.05, 3.63) is 42.1 Å². The van der Waals surface area contributed by atoms with E-state index in [4.69, 9.17) is 5.73 Å². The molecule has 0 unspecified atom stereocenters. The van der Waals surface area contributed by atoms with Gasteiger partial charge in [-0.25, -0.2) is 4.98 Å². The van der Waals surface area contributed by atoms with Gasteiger partial charge in [0.2, 0.25) is 5.95 Å². The lowest BCUT2D eigenvalue weighted by Gasteiger charge is -2.01. The Morgan fingerprint density at radius 2 is 2.29 bits per heavy atom. The molecule has 0 bridgehead atoms. The van der Waals surface area contributed by atoms with Gasteiger partial charge in [0, 0.05) is 18.0 Å². The Morgan fingerprint density at radius 3 is 2.93 bits per heavy atom. The summed E-state index contributed by atoms with van der Waals surface area (Å²) in [5.41, 5.74) is 5.92. The summed E-state index contributed by atoms with van der Waals surface area (Å²) in [5.74, 6) is -0.0455. The third kappa shape index (κ3) is 1.71. The van der Waals surface area contributed by atoms with Crippen LogP contribution in [0.15, 0.2) is 30.6 Å². The molecule has 0 saturated carbocycles. The molecule has 72 valence electrons. The monoisotopic (exact) mass is 192 g/mol. The maximum Gasteiger partial charge on any atom is 0.217 e. The first-order valence-electron chi connectivity index (χ1n) is 4.14. The number of nitrogen functional groups attached to an aromatic ring is 1. The number of pyridine rings is 1. The minimum absolute atomic E-state index is 0.344. The Balaban J connectivity index is 2.23. The molecule has 2 heterocycles. The van der Waals surface area contributed by atoms with Crippen molar-refractivity contribution in [1.82, 2.24) is 14.8 Å². The Bertz CT molecular complexity index is 438. The fourth-order valence-electron chi connectivity index (χ4n) is 1.18. The summed E-state index contributed by atoms with van der Waals surface area (Å²) in [5, 5.41) is 3.95. The molecule has 0 fully saturated rings. The highest BCUT2D eigenvalue weighted by Crippen LogP contribution is 2.06. The summed E-state index contributed by atoms with van der Waals surface area (Å²) in [4.78, 5) is 3.54. The van der Waals surface area contributed by atoms with Gasteiger partial charge in [0.25, 0.3) is 0 Å². The van der Waals surface area contributed by atoms with Crippen LogP contribution in [0.5, 0.6) is 0 Å². The molecule has 0 aromatic carbocycles. The van der Waals surface area contributed by atoms with Crippen LogP contribution in [0.1, 0.15) is 5.56 Å². The summed E-state index contributed by atoms with van der Waals surface area (Å²) >= 11 is 0. The first-order chi connectivity index (χ1) is 6.75. The van der Waals surface area contributed by atoms with Gasteiger partial charge in [-0.05, 0) is 12.1 Å². The van der Waals surface area contributed by atoms with E-state index in [-0.39, 0.29) is 0 Å². The Morgan fingerprint density at radius 1 is 1.43 bits per heavy atom. The average Bonchev–Trinajstić information content (AvgIpc) is 2.56. The van der Waals surface area contributed by atoms with Crippen molar-refractivity contribution in [2.45, 2.75) is 6.54 Å². The van der Waals surface area contributed by atoms with Crippen LogP contribution in [0.4, 0.5) is 10.2 Å². The molecule has 0 atom stereocenters. The molecule has 0 aliphatic carbocycles. The third-order valence-electron chi connectivity index (χ3n) is 1.83. The van der Waals surface area contributed by atoms with Crippen LogP contribution in [-0.4, -0.2) is 14.8 Å². The summed E-state index contributed by atoms with van der Waals surface area (Å²) in [7, 11) is 0. The number of hydrogen-bond acceptors (Lipinski definition) is 3. The summed E-state index contributed by atoms with van der Waals surface area (Å²) < 4.78 is 14.7. The number of nitrogens with two attached hydrogens (primary N) is 1. The lowest BCUT2D eigenvalue weighted by Crippen LogP contribution is -2.04. The molecular weight excluding hydrogens is 183 g/mol. The molecule has 0 amide bonds. The second-order valence-corrected chi connectivity index (χ2v) is 2.89. The minimum atomic E-state index is -0.471. The first-order valence-corrected chi connectivity index (χ1v) is 4.14. The summed E-state index contributed by atoms with van der Waals surface area (Å²) in [6, 6.07) is 5.01. The lowest BCUT2D eigenvalue weighted by molar-refractivity contribution is 0.549. The summed E-state index contributed by atoms with van der Waals surface area (Å²) in [6.07, 6.45) is 3.11. The van der Waals surface area contributed by atoms with Crippen LogP contribution in [-0.2, 0) is 6.54 Å². The molecule has 2 N–H and O–H groups in total. The van der Waals surface area contributed by atoms with E-state index in [2.05, 4.69) is 10.1 Å². The fourth-order valence-corrected chi connectivity index (χ4v) is 1.18. The van der Waals surface area contributed by atoms with Gasteiger partial charge in [0.15, 0.2) is 0 Å². The fraction of sp³-hybridized carbons (Fsp3) is 0.111. The maximum atomic E-state index is 13.1. The molecule has 5 heteroatoms. The zero-order valence-corrected chi connectivity index (χ0v) is 7.39. The van der Waals surface area contributed by atoms with Crippen LogP contribution in [0.3, 0.4) is 0 Å². The van der Waals surface area contributed by atoms with Crippen molar-refractivity contribution in [1.29, 1.82) is 0 Å². The number of rotatable bonds is 2. The molecule has 0 radical (unpaired) electrons. The van der Waals surface area contributed by atoms with Crippen LogP contribution >= 0.6 is 0 Å². The van der Waals surface area contributed by atoms with Crippen molar-refractivity contribution in [3.63, 3.8) is 0 Å². The van der Waals surface area contributed by atoms with Gasteiger partial charge in [-0.15, -0.1) is 0 Å². The van der Waals surface area contributed by atoms with E-state index in [0.717, 1.165) is 0 Å². The van der Waals surface area contributed by atoms with Gasteiger partial charge in [0.1, 0.15) is 5.82 Å². The minimum Gasteiger partial charge on any atom is -0.382 e. The third-order valence-corrected chi connectivity index (χ3v) is 1.83. The second-order valence-electron chi connectivity index (χ2n) is 2.89. The normalized spacial score (nSPS) is 10.4. The van der Waals surface area contributed by atoms with Crippen LogP contribution in [0.2, 0.25) is 0 Å². The van der Waals surface area contributed by atoms with Crippen molar-refractivity contribution >= 4 is 5.82 Å². The second kappa shape index (κ2) is 3.45. The van der Waals surface area contributed by atoms with E-state index in [1.165, 1.54) is 6.20 Å². The van der Waals surface area contributed by atoms with Gasteiger partial charge in [-0.2, -0.15) is 9.49 Å². The lowest BCUT2D eigenvalue weighted by atomic mass is 10.3. The molecule has 14 heavy (non-hydrogen) atoms. The molecule has 4 nitrogen and oxygen atoms in total. The van der Waals surface area contributed by atoms with E-state index >= 15 is 0 Å². The molecular formula is C9H9FN4. The van der Waals surface area contributed by atoms with Crippen molar-refractivity contribution in [2.75, 3.05) is 5.73 Å². The van der Waals surface area contributed by atoms with E-state index in [9.17, 15) is 4.39 Å². The number of hydrogen-bond donors (Lipinski definition) is 1. The van der Waals surface area contributed by atoms with Crippen LogP contribution in [0.25, 0.3) is 0 Å². The van der Waals surface area contributed by atoms with E-state index in [1.807, 2.05) is 0 Å². The molecule has 0 saturated heterocycles. The maximum absolute atomic E-state index is 13.1. The molecule has 2 rings (SSSR count). The smallest absolute Gasteiger partial charge is 0.217 e. The number of anilines is 1. The predicted molar refractivity (Wildman–Crippen MR) is 49.9 cm³/mol. The molecule has 2 aromatic heterocycles. The Hall–Kier alpha value is -1.91. The molecule has 0 spiro atoms. The number of aromatic nitrogens is 3. The van der Waals surface area contributed by atoms with E-state index < -0.39 is 5.95 Å². The standard InChI is InChI=1S/C9H9FN4/c10-9-7(2-1-4-12-9)6-14-5-3-8(11)13-14/h1-5H,6H2,(H2,11,13). The van der Waals surface area contributed by atoms with E-state index in [0.29, 0.717) is 17.9 Å². The van der Waals surface area contributed by atoms with Crippen molar-refractivity contribution in [3.8, 4) is 0 Å². The number of halogens is 1. The Kier molecular flexibility index (Phi) is 2.14. The topological polar surface area (TPSA) is 56.7 Å². The van der Waals surface area contributed by atoms with Gasteiger partial charge in [-0.3, -0.25) is 4.68 Å². The Labute approximate surface area is 80.2 Å². The van der Waals surface area contributed by atoms with Crippen LogP contribution < -0.4 is 5.73 Å². The molecule has 2 aromatic rings. The van der Waals surface area contributed by atoms with Crippen molar-refractivity contribution < 1.29 is 4.39 Å². The van der Waals surface area contributed by atoms with Crippen molar-refractivity contribution in [2.24, 2.45) is 0 Å². The first kappa shape index (κ1) is 8.68. The zero-order chi connectivity index (χ0) is 9.97. The quantitative estimate of drug-likeness (QED) is 0.723. The van der Waals surface area contributed by atoms with Gasteiger partial charge in [0.05, 0.1) is 6.54 Å². The largest absolute Gasteiger partial charge is 0.382 e. The molecule has 0 aliphatic rings. The average molecular weight is 192 g/mol. The van der Waals surface area contributed by atoms with Gasteiger partial charge >= 0.3 is 0 Å². The van der Waals surface area contributed by atoms with Gasteiger partial charge < -0.3 is 5.73 Å². The predicted octanol–water partition coefficient (Wildman–Crippen LogP) is 1.05. The highest BCUT2D eigenvalue weighted by atomic mass is 19.1. The molecule has 0 aliphatic heterocycles. The summed E-state index contributed by atoms with van der Waals surface area (Å²) in [6.45, 7) is 0.344. The SMILES string of the molecule is Nc1ccn(Cc2cccnc2F)n1. The van der Waals surface area contributed by atoms with Crippen LogP contribution in [0, 0.1) is 5.95 Å². The zero-order valence-electron chi connectivity index (χ0n) is 7.39. The van der Waals surface area contributed by atoms with Gasteiger partial charge in [-0.1, -0.05) is 6.07 Å². The van der Waals surface area contributed by atoms with E-state index in [1.54, 1.807) is 29.1 Å². The highest BCUT2D eigenvalue weighted by molar-refractivity contribution is 5.24. The number of nitrogens with zero attached hydrogens (tertiary/aromatic N) is 3. The highest BCUT2D eigenvalue weighted by Gasteiger charge is 2.03.